The minimum Gasteiger partial charge on any atom is -0.360 e. The third-order valence-electron chi connectivity index (χ3n) is 2.27. The number of nitrogens with zero attached hydrogens (tertiary/aromatic N) is 3. The maximum atomic E-state index is 11.8. The highest BCUT2D eigenvalue weighted by Crippen LogP contribution is 2.08. The summed E-state index contributed by atoms with van der Waals surface area (Å²) in [4.78, 5) is 23.2. The molecule has 0 aliphatic carbocycles. The van der Waals surface area contributed by atoms with Crippen LogP contribution in [0.25, 0.3) is 0 Å². The fourth-order valence-electron chi connectivity index (χ4n) is 1.40. The van der Waals surface area contributed by atoms with Crippen LogP contribution in [0.5, 0.6) is 0 Å². The predicted molar refractivity (Wildman–Crippen MR) is 63.4 cm³/mol. The van der Waals surface area contributed by atoms with Gasteiger partial charge in [-0.3, -0.25) is 9.59 Å². The van der Waals surface area contributed by atoms with Crippen molar-refractivity contribution in [1.82, 2.24) is 14.9 Å². The molecule has 2 aromatic rings. The molecule has 0 atom stereocenters. The van der Waals surface area contributed by atoms with Crippen LogP contribution >= 0.6 is 0 Å². The van der Waals surface area contributed by atoms with Crippen molar-refractivity contribution in [2.75, 3.05) is 5.32 Å². The van der Waals surface area contributed by atoms with Gasteiger partial charge in [0.1, 0.15) is 11.5 Å². The fourth-order valence-corrected chi connectivity index (χ4v) is 1.40. The molecule has 0 aliphatic heterocycles. The van der Waals surface area contributed by atoms with Crippen molar-refractivity contribution in [3.8, 4) is 0 Å². The van der Waals surface area contributed by atoms with E-state index >= 15 is 0 Å². The van der Waals surface area contributed by atoms with E-state index in [1.165, 1.54) is 16.8 Å². The molecule has 94 valence electrons. The van der Waals surface area contributed by atoms with Crippen LogP contribution in [0.15, 0.2) is 27.5 Å². The molecule has 0 fully saturated rings. The molecule has 0 saturated heterocycles. The second kappa shape index (κ2) is 4.82. The molecule has 18 heavy (non-hydrogen) atoms. The van der Waals surface area contributed by atoms with Crippen LogP contribution in [0.2, 0.25) is 0 Å². The molecule has 0 radical (unpaired) electrons. The Bertz CT molecular complexity index is 629. The maximum Gasteiger partial charge on any atom is 0.277 e. The number of carbonyl (C=O) groups is 1. The maximum absolute atomic E-state index is 11.8. The van der Waals surface area contributed by atoms with Crippen LogP contribution in [0.4, 0.5) is 5.82 Å². The van der Waals surface area contributed by atoms with Crippen molar-refractivity contribution < 1.29 is 9.32 Å². The summed E-state index contributed by atoms with van der Waals surface area (Å²) < 4.78 is 6.04. The van der Waals surface area contributed by atoms with Crippen molar-refractivity contribution in [2.24, 2.45) is 0 Å². The first-order valence-electron chi connectivity index (χ1n) is 5.43. The van der Waals surface area contributed by atoms with Crippen LogP contribution in [-0.2, 0) is 6.54 Å². The second-order valence-corrected chi connectivity index (χ2v) is 3.65. The Morgan fingerprint density at radius 1 is 1.50 bits per heavy atom. The Morgan fingerprint density at radius 2 is 2.28 bits per heavy atom. The molecular weight excluding hydrogens is 236 g/mol. The van der Waals surface area contributed by atoms with Gasteiger partial charge in [0, 0.05) is 18.7 Å². The number of nitrogens with one attached hydrogen (secondary N) is 1. The summed E-state index contributed by atoms with van der Waals surface area (Å²) in [5.41, 5.74) is -0.0940. The fraction of sp³-hybridized carbons (Fsp3) is 0.273. The number of anilines is 1. The largest absolute Gasteiger partial charge is 0.360 e. The second-order valence-electron chi connectivity index (χ2n) is 3.65. The van der Waals surface area contributed by atoms with Gasteiger partial charge in [0.2, 0.25) is 0 Å². The molecule has 0 unspecified atom stereocenters. The smallest absolute Gasteiger partial charge is 0.277 e. The Kier molecular flexibility index (Phi) is 3.22. The molecule has 2 rings (SSSR count). The van der Waals surface area contributed by atoms with E-state index in [-0.39, 0.29) is 11.3 Å². The van der Waals surface area contributed by atoms with E-state index in [1.54, 1.807) is 19.9 Å². The quantitative estimate of drug-likeness (QED) is 0.868. The lowest BCUT2D eigenvalue weighted by atomic mass is 10.3. The highest BCUT2D eigenvalue weighted by Gasteiger charge is 2.11. The number of amides is 1. The number of hydrogen-bond acceptors (Lipinski definition) is 5. The Hall–Kier alpha value is -2.44. The van der Waals surface area contributed by atoms with Gasteiger partial charge in [-0.2, -0.15) is 5.10 Å². The average Bonchev–Trinajstić information content (AvgIpc) is 2.75. The van der Waals surface area contributed by atoms with E-state index in [9.17, 15) is 9.59 Å². The van der Waals surface area contributed by atoms with Crippen LogP contribution < -0.4 is 10.9 Å². The number of carbonyl (C=O) groups excluding carboxylic acids is 1. The van der Waals surface area contributed by atoms with Gasteiger partial charge in [-0.1, -0.05) is 5.16 Å². The van der Waals surface area contributed by atoms with Crippen LogP contribution in [0, 0.1) is 6.92 Å². The zero-order valence-corrected chi connectivity index (χ0v) is 10.0. The first kappa shape index (κ1) is 12.0. The lowest BCUT2D eigenvalue weighted by Crippen LogP contribution is -2.25. The van der Waals surface area contributed by atoms with E-state index in [4.69, 9.17) is 4.52 Å². The van der Waals surface area contributed by atoms with Crippen molar-refractivity contribution in [3.05, 3.63) is 40.0 Å². The highest BCUT2D eigenvalue weighted by molar-refractivity contribution is 6.02. The summed E-state index contributed by atoms with van der Waals surface area (Å²) in [5.74, 6) is 0.468. The molecule has 0 saturated carbocycles. The molecule has 0 bridgehead atoms. The average molecular weight is 248 g/mol. The molecule has 1 N–H and O–H groups in total. The Labute approximate surface area is 102 Å². The van der Waals surface area contributed by atoms with Crippen molar-refractivity contribution >= 4 is 11.7 Å². The first-order valence-corrected chi connectivity index (χ1v) is 5.43. The van der Waals surface area contributed by atoms with Gasteiger partial charge in [-0.25, -0.2) is 4.68 Å². The number of hydrogen-bond donors (Lipinski definition) is 1. The third-order valence-corrected chi connectivity index (χ3v) is 2.27. The lowest BCUT2D eigenvalue weighted by molar-refractivity contribution is 0.101. The van der Waals surface area contributed by atoms with E-state index in [2.05, 4.69) is 15.6 Å². The molecule has 7 heteroatoms. The SMILES string of the molecule is CCn1nc(C(=O)Nc2cc(C)on2)ccc1=O. The van der Waals surface area contributed by atoms with E-state index in [0.717, 1.165) is 0 Å². The molecule has 0 aromatic carbocycles. The summed E-state index contributed by atoms with van der Waals surface area (Å²) in [5, 5.41) is 10.1. The molecule has 1 amide bonds. The Balaban J connectivity index is 2.21. The van der Waals surface area contributed by atoms with Gasteiger partial charge < -0.3 is 9.84 Å². The summed E-state index contributed by atoms with van der Waals surface area (Å²) >= 11 is 0. The van der Waals surface area contributed by atoms with Crippen molar-refractivity contribution in [1.29, 1.82) is 0 Å². The molecule has 0 spiro atoms. The van der Waals surface area contributed by atoms with Gasteiger partial charge in [0.05, 0.1) is 0 Å². The van der Waals surface area contributed by atoms with Crippen LogP contribution in [0.3, 0.4) is 0 Å². The lowest BCUT2D eigenvalue weighted by Gasteiger charge is -2.03. The zero-order valence-electron chi connectivity index (χ0n) is 10.0. The summed E-state index contributed by atoms with van der Waals surface area (Å²) in [6, 6.07) is 4.27. The molecule has 2 heterocycles. The summed E-state index contributed by atoms with van der Waals surface area (Å²) in [6.45, 7) is 3.90. The highest BCUT2D eigenvalue weighted by atomic mass is 16.5. The topological polar surface area (TPSA) is 90.0 Å². The van der Waals surface area contributed by atoms with Gasteiger partial charge in [-0.05, 0) is 19.9 Å². The van der Waals surface area contributed by atoms with Gasteiger partial charge in [0.25, 0.3) is 11.5 Å². The van der Waals surface area contributed by atoms with Crippen LogP contribution in [0.1, 0.15) is 23.2 Å². The zero-order chi connectivity index (χ0) is 13.1. The number of aromatic nitrogens is 3. The molecule has 2 aromatic heterocycles. The molecule has 7 nitrogen and oxygen atoms in total. The summed E-state index contributed by atoms with van der Waals surface area (Å²) in [7, 11) is 0. The van der Waals surface area contributed by atoms with Gasteiger partial charge >= 0.3 is 0 Å². The minimum atomic E-state index is -0.439. The normalized spacial score (nSPS) is 10.3. The number of rotatable bonds is 3. The van der Waals surface area contributed by atoms with E-state index in [0.29, 0.717) is 18.1 Å². The van der Waals surface area contributed by atoms with Crippen molar-refractivity contribution in [2.45, 2.75) is 20.4 Å². The minimum absolute atomic E-state index is 0.150. The van der Waals surface area contributed by atoms with E-state index in [1.807, 2.05) is 0 Å². The molecular formula is C11H12N4O3. The molecule has 0 aliphatic rings. The van der Waals surface area contributed by atoms with Crippen LogP contribution in [-0.4, -0.2) is 20.8 Å². The van der Waals surface area contributed by atoms with Gasteiger partial charge in [0.15, 0.2) is 5.82 Å². The van der Waals surface area contributed by atoms with Gasteiger partial charge in [-0.15, -0.1) is 0 Å². The standard InChI is InChI=1S/C11H12N4O3/c1-3-15-10(16)5-4-8(13-15)11(17)12-9-6-7(2)18-14-9/h4-6H,3H2,1-2H3,(H,12,14,17). The number of aryl methyl sites for hydroxylation is 2. The first-order chi connectivity index (χ1) is 8.60. The Morgan fingerprint density at radius 3 is 2.89 bits per heavy atom. The summed E-state index contributed by atoms with van der Waals surface area (Å²) in [6.07, 6.45) is 0. The monoisotopic (exact) mass is 248 g/mol. The van der Waals surface area contributed by atoms with Crippen molar-refractivity contribution in [3.63, 3.8) is 0 Å². The van der Waals surface area contributed by atoms with E-state index < -0.39 is 5.91 Å². The third kappa shape index (κ3) is 2.45. The predicted octanol–water partition coefficient (Wildman–Crippen LogP) is 0.812.